The fraction of sp³-hybridized carbons (Fsp3) is 0.222. The normalized spacial score (nSPS) is 10.5. The van der Waals surface area contributed by atoms with Crippen LogP contribution in [0.1, 0.15) is 22.5 Å². The minimum atomic E-state index is 0.560. The fourth-order valence-corrected chi connectivity index (χ4v) is 2.68. The van der Waals surface area contributed by atoms with Crippen molar-refractivity contribution in [3.8, 4) is 17.6 Å². The molecule has 0 aliphatic carbocycles. The van der Waals surface area contributed by atoms with Gasteiger partial charge in [0.15, 0.2) is 11.5 Å². The van der Waals surface area contributed by atoms with Crippen LogP contribution in [0, 0.1) is 18.3 Å². The third-order valence-electron chi connectivity index (χ3n) is 3.84. The van der Waals surface area contributed by atoms with Crippen LogP contribution in [0.15, 0.2) is 36.5 Å². The van der Waals surface area contributed by atoms with Gasteiger partial charge < -0.3 is 9.47 Å². The van der Waals surface area contributed by atoms with Gasteiger partial charge in [-0.25, -0.2) is 4.98 Å². The van der Waals surface area contributed by atoms with E-state index in [9.17, 15) is 5.26 Å². The highest BCUT2D eigenvalue weighted by molar-refractivity contribution is 5.54. The van der Waals surface area contributed by atoms with E-state index in [1.807, 2.05) is 47.9 Å². The minimum absolute atomic E-state index is 0.560. The molecule has 2 heterocycles. The average molecular weight is 307 g/mol. The molecule has 23 heavy (non-hydrogen) atoms. The SMILES string of the molecule is COc1ccc(Cc2nc3c(C)cccn3c2C#N)cc1OC. The summed E-state index contributed by atoms with van der Waals surface area (Å²) in [4.78, 5) is 4.64. The van der Waals surface area contributed by atoms with Gasteiger partial charge in [-0.2, -0.15) is 5.26 Å². The van der Waals surface area contributed by atoms with Crippen molar-refractivity contribution in [3.05, 3.63) is 59.0 Å². The van der Waals surface area contributed by atoms with Crippen LogP contribution in [0.5, 0.6) is 11.5 Å². The summed E-state index contributed by atoms with van der Waals surface area (Å²) in [5.41, 5.74) is 4.20. The first-order chi connectivity index (χ1) is 11.2. The van der Waals surface area contributed by atoms with Crippen molar-refractivity contribution < 1.29 is 9.47 Å². The number of rotatable bonds is 4. The number of nitriles is 1. The highest BCUT2D eigenvalue weighted by Crippen LogP contribution is 2.29. The van der Waals surface area contributed by atoms with E-state index in [1.165, 1.54) is 0 Å². The number of ether oxygens (including phenoxy) is 2. The second-order valence-corrected chi connectivity index (χ2v) is 5.27. The molecule has 0 amide bonds. The van der Waals surface area contributed by atoms with Gasteiger partial charge in [0.1, 0.15) is 17.4 Å². The zero-order chi connectivity index (χ0) is 16.4. The predicted octanol–water partition coefficient (Wildman–Crippen LogP) is 3.12. The molecule has 0 N–H and O–H groups in total. The molecular weight excluding hydrogens is 290 g/mol. The maximum atomic E-state index is 9.50. The maximum Gasteiger partial charge on any atom is 0.160 e. The summed E-state index contributed by atoms with van der Waals surface area (Å²) in [5.74, 6) is 1.35. The smallest absolute Gasteiger partial charge is 0.160 e. The number of pyridine rings is 1. The highest BCUT2D eigenvalue weighted by atomic mass is 16.5. The Labute approximate surface area is 134 Å². The number of fused-ring (bicyclic) bond motifs is 1. The molecule has 0 radical (unpaired) electrons. The van der Waals surface area contributed by atoms with Crippen molar-refractivity contribution >= 4 is 5.65 Å². The zero-order valence-electron chi connectivity index (χ0n) is 13.3. The number of hydrogen-bond donors (Lipinski definition) is 0. The number of imidazole rings is 1. The van der Waals surface area contributed by atoms with Gasteiger partial charge in [-0.05, 0) is 36.2 Å². The van der Waals surface area contributed by atoms with Crippen LogP contribution in [0.3, 0.4) is 0 Å². The Morgan fingerprint density at radius 1 is 1.17 bits per heavy atom. The lowest BCUT2D eigenvalue weighted by Gasteiger charge is -2.09. The second-order valence-electron chi connectivity index (χ2n) is 5.27. The molecular formula is C18H17N3O2. The molecule has 0 saturated carbocycles. The van der Waals surface area contributed by atoms with Gasteiger partial charge in [0.05, 0.1) is 19.9 Å². The molecule has 1 aromatic carbocycles. The fourth-order valence-electron chi connectivity index (χ4n) is 2.68. The summed E-state index contributed by atoms with van der Waals surface area (Å²) >= 11 is 0. The number of methoxy groups -OCH3 is 2. The predicted molar refractivity (Wildman–Crippen MR) is 87.0 cm³/mol. The number of aryl methyl sites for hydroxylation is 1. The van der Waals surface area contributed by atoms with Crippen LogP contribution in [-0.4, -0.2) is 23.6 Å². The van der Waals surface area contributed by atoms with Gasteiger partial charge in [-0.15, -0.1) is 0 Å². The summed E-state index contributed by atoms with van der Waals surface area (Å²) < 4.78 is 12.4. The lowest BCUT2D eigenvalue weighted by atomic mass is 10.1. The first-order valence-electron chi connectivity index (χ1n) is 7.25. The van der Waals surface area contributed by atoms with E-state index in [4.69, 9.17) is 9.47 Å². The van der Waals surface area contributed by atoms with Crippen molar-refractivity contribution in [1.29, 1.82) is 5.26 Å². The van der Waals surface area contributed by atoms with E-state index in [1.54, 1.807) is 14.2 Å². The lowest BCUT2D eigenvalue weighted by Crippen LogP contribution is -1.96. The monoisotopic (exact) mass is 307 g/mol. The number of benzene rings is 1. The average Bonchev–Trinajstić information content (AvgIpc) is 2.93. The van der Waals surface area contributed by atoms with Gasteiger partial charge in [-0.3, -0.25) is 4.40 Å². The van der Waals surface area contributed by atoms with Gasteiger partial charge in [-0.1, -0.05) is 12.1 Å². The summed E-state index contributed by atoms with van der Waals surface area (Å²) in [5, 5.41) is 9.50. The van der Waals surface area contributed by atoms with E-state index in [-0.39, 0.29) is 0 Å². The maximum absolute atomic E-state index is 9.50. The second kappa shape index (κ2) is 6.01. The number of aromatic nitrogens is 2. The molecule has 0 aliphatic rings. The van der Waals surface area contributed by atoms with Crippen LogP contribution in [0.4, 0.5) is 0 Å². The Morgan fingerprint density at radius 3 is 2.65 bits per heavy atom. The van der Waals surface area contributed by atoms with Crippen LogP contribution in [0.25, 0.3) is 5.65 Å². The first-order valence-corrected chi connectivity index (χ1v) is 7.25. The molecule has 5 heteroatoms. The van der Waals surface area contributed by atoms with Crippen molar-refractivity contribution in [2.75, 3.05) is 14.2 Å². The molecule has 0 fully saturated rings. The van der Waals surface area contributed by atoms with Gasteiger partial charge in [0.2, 0.25) is 0 Å². The van der Waals surface area contributed by atoms with E-state index >= 15 is 0 Å². The molecule has 0 atom stereocenters. The summed E-state index contributed by atoms with van der Waals surface area (Å²) in [6.45, 7) is 1.99. The molecule has 3 aromatic rings. The van der Waals surface area contributed by atoms with Gasteiger partial charge in [0.25, 0.3) is 0 Å². The Bertz CT molecular complexity index is 907. The largest absolute Gasteiger partial charge is 0.493 e. The van der Waals surface area contributed by atoms with Crippen molar-refractivity contribution in [2.24, 2.45) is 0 Å². The van der Waals surface area contributed by atoms with Crippen LogP contribution >= 0.6 is 0 Å². The van der Waals surface area contributed by atoms with Gasteiger partial charge >= 0.3 is 0 Å². The molecule has 2 aromatic heterocycles. The van der Waals surface area contributed by atoms with E-state index in [0.717, 1.165) is 22.5 Å². The molecule has 116 valence electrons. The van der Waals surface area contributed by atoms with Crippen LogP contribution in [-0.2, 0) is 6.42 Å². The number of hydrogen-bond acceptors (Lipinski definition) is 4. The van der Waals surface area contributed by atoms with Crippen molar-refractivity contribution in [3.63, 3.8) is 0 Å². The zero-order valence-corrected chi connectivity index (χ0v) is 13.3. The lowest BCUT2D eigenvalue weighted by molar-refractivity contribution is 0.354. The Balaban J connectivity index is 2.05. The quantitative estimate of drug-likeness (QED) is 0.743. The summed E-state index contributed by atoms with van der Waals surface area (Å²) in [7, 11) is 3.22. The van der Waals surface area contributed by atoms with Crippen LogP contribution < -0.4 is 9.47 Å². The summed E-state index contributed by atoms with van der Waals surface area (Å²) in [6.07, 6.45) is 2.43. The Morgan fingerprint density at radius 2 is 1.96 bits per heavy atom. The third kappa shape index (κ3) is 2.59. The molecule has 0 spiro atoms. The molecule has 0 bridgehead atoms. The number of nitrogens with zero attached hydrogens (tertiary/aromatic N) is 3. The van der Waals surface area contributed by atoms with Crippen LogP contribution in [0.2, 0.25) is 0 Å². The molecule has 5 nitrogen and oxygen atoms in total. The van der Waals surface area contributed by atoms with Crippen molar-refractivity contribution in [1.82, 2.24) is 9.38 Å². The topological polar surface area (TPSA) is 59.5 Å². The molecule has 0 saturated heterocycles. The Kier molecular flexibility index (Phi) is 3.90. The molecule has 3 rings (SSSR count). The first kappa shape index (κ1) is 14.9. The molecule has 0 aliphatic heterocycles. The highest BCUT2D eigenvalue weighted by Gasteiger charge is 2.14. The third-order valence-corrected chi connectivity index (χ3v) is 3.84. The molecule has 0 unspecified atom stereocenters. The standard InChI is InChI=1S/C18H17N3O2/c1-12-5-4-8-21-15(11-19)14(20-18(12)21)9-13-6-7-16(22-2)17(10-13)23-3/h4-8,10H,9H2,1-3H3. The Hall–Kier alpha value is -3.00. The van der Waals surface area contributed by atoms with Crippen molar-refractivity contribution in [2.45, 2.75) is 13.3 Å². The van der Waals surface area contributed by atoms with E-state index in [0.29, 0.717) is 23.6 Å². The van der Waals surface area contributed by atoms with Gasteiger partial charge in [0, 0.05) is 12.6 Å². The minimum Gasteiger partial charge on any atom is -0.493 e. The summed E-state index contributed by atoms with van der Waals surface area (Å²) in [6, 6.07) is 11.9. The van der Waals surface area contributed by atoms with E-state index < -0.39 is 0 Å². The van der Waals surface area contributed by atoms with E-state index in [2.05, 4.69) is 11.1 Å².